The van der Waals surface area contributed by atoms with E-state index in [0.29, 0.717) is 34.6 Å². The molecule has 2 aliphatic rings. The summed E-state index contributed by atoms with van der Waals surface area (Å²) in [4.78, 5) is 47.5. The second-order valence-corrected chi connectivity index (χ2v) is 13.7. The molecule has 2 amide bonds. The molecule has 0 bridgehead atoms. The number of nitrogens with one attached hydrogen (secondary N) is 1. The van der Waals surface area contributed by atoms with Crippen molar-refractivity contribution in [2.75, 3.05) is 0 Å². The van der Waals surface area contributed by atoms with Gasteiger partial charge >= 0.3 is 11.9 Å². The normalized spacial score (nSPS) is 21.6. The van der Waals surface area contributed by atoms with E-state index in [1.165, 1.54) is 39.0 Å². The average Bonchev–Trinajstić information content (AvgIpc) is 3.01. The lowest BCUT2D eigenvalue weighted by Crippen LogP contribution is -2.55. The molecule has 8 nitrogen and oxygen atoms in total. The van der Waals surface area contributed by atoms with Crippen molar-refractivity contribution in [3.05, 3.63) is 105 Å². The number of fused-ring (bicyclic) bond motifs is 1. The van der Waals surface area contributed by atoms with Gasteiger partial charge in [0.2, 0.25) is 0 Å². The van der Waals surface area contributed by atoms with Crippen LogP contribution in [-0.4, -0.2) is 45.5 Å². The number of hydrogen-bond acceptors (Lipinski definition) is 6. The fourth-order valence-corrected chi connectivity index (χ4v) is 6.78. The molecule has 3 aromatic rings. The monoisotopic (exact) mass is 688 g/mol. The van der Waals surface area contributed by atoms with E-state index in [0.717, 1.165) is 25.0 Å². The van der Waals surface area contributed by atoms with Crippen molar-refractivity contribution >= 4 is 41.0 Å². The SMILES string of the molecule is CC(C)(C)OC(=O)C(F)(F)c1cccc(CONC(=O)[C@@H]2c3ccccc3C(=O)N([C@H]3CCCC[C@@H]3O)[C@H]2c2ccc(Cl)cc2Cl)c1. The minimum atomic E-state index is -3.91. The summed E-state index contributed by atoms with van der Waals surface area (Å²) in [6.45, 7) is 4.18. The number of carbonyl (C=O) groups excluding carboxylic acids is 3. The van der Waals surface area contributed by atoms with Gasteiger partial charge in [-0.25, -0.2) is 10.3 Å². The van der Waals surface area contributed by atoms with Gasteiger partial charge in [0.05, 0.1) is 30.7 Å². The van der Waals surface area contributed by atoms with Gasteiger partial charge in [0, 0.05) is 21.2 Å². The molecule has 1 fully saturated rings. The minimum absolute atomic E-state index is 0.242. The van der Waals surface area contributed by atoms with Crippen LogP contribution in [-0.2, 0) is 31.7 Å². The number of amides is 2. The summed E-state index contributed by atoms with van der Waals surface area (Å²) in [7, 11) is 0. The molecule has 250 valence electrons. The van der Waals surface area contributed by atoms with Crippen molar-refractivity contribution in [1.29, 1.82) is 0 Å². The predicted molar refractivity (Wildman–Crippen MR) is 172 cm³/mol. The lowest BCUT2D eigenvalue weighted by atomic mass is 9.77. The smallest absolute Gasteiger partial charge is 0.382 e. The highest BCUT2D eigenvalue weighted by atomic mass is 35.5. The Bertz CT molecular complexity index is 1660. The fraction of sp³-hybridized carbons (Fsp3) is 0.400. The van der Waals surface area contributed by atoms with Gasteiger partial charge in [-0.15, -0.1) is 0 Å². The van der Waals surface area contributed by atoms with Crippen molar-refractivity contribution < 1.29 is 37.8 Å². The van der Waals surface area contributed by atoms with Gasteiger partial charge in [-0.05, 0) is 74.6 Å². The molecule has 3 aromatic carbocycles. The second kappa shape index (κ2) is 13.9. The van der Waals surface area contributed by atoms with Crippen molar-refractivity contribution in [2.45, 2.75) is 88.7 Å². The van der Waals surface area contributed by atoms with E-state index >= 15 is 0 Å². The number of nitrogens with zero attached hydrogens (tertiary/aromatic N) is 1. The Kier molecular flexibility index (Phi) is 10.3. The molecule has 0 radical (unpaired) electrons. The maximum absolute atomic E-state index is 15.0. The van der Waals surface area contributed by atoms with Crippen LogP contribution in [0.3, 0.4) is 0 Å². The molecular weight excluding hydrogens is 653 g/mol. The first-order valence-electron chi connectivity index (χ1n) is 15.4. The third-order valence-electron chi connectivity index (χ3n) is 8.35. The zero-order valence-electron chi connectivity index (χ0n) is 26.1. The highest BCUT2D eigenvalue weighted by Gasteiger charge is 2.49. The zero-order chi connectivity index (χ0) is 34.1. The van der Waals surface area contributed by atoms with Gasteiger partial charge in [0.1, 0.15) is 5.60 Å². The van der Waals surface area contributed by atoms with Gasteiger partial charge < -0.3 is 14.7 Å². The summed E-state index contributed by atoms with van der Waals surface area (Å²) in [6.07, 6.45) is 1.83. The molecule has 12 heteroatoms. The summed E-state index contributed by atoms with van der Waals surface area (Å²) in [6, 6.07) is 15.1. The summed E-state index contributed by atoms with van der Waals surface area (Å²) in [5, 5.41) is 11.7. The number of ether oxygens (including phenoxy) is 1. The summed E-state index contributed by atoms with van der Waals surface area (Å²) in [5.74, 6) is -7.58. The number of rotatable bonds is 8. The largest absolute Gasteiger partial charge is 0.455 e. The van der Waals surface area contributed by atoms with Crippen LogP contribution in [0.25, 0.3) is 0 Å². The fourth-order valence-electron chi connectivity index (χ4n) is 6.26. The van der Waals surface area contributed by atoms with Gasteiger partial charge in [-0.1, -0.05) is 78.5 Å². The third kappa shape index (κ3) is 7.46. The summed E-state index contributed by atoms with van der Waals surface area (Å²) >= 11 is 12.9. The number of hydroxylamine groups is 1. The Morgan fingerprint density at radius 1 is 0.979 bits per heavy atom. The van der Waals surface area contributed by atoms with E-state index < -0.39 is 53.1 Å². The van der Waals surface area contributed by atoms with Crippen LogP contribution in [0.4, 0.5) is 8.78 Å². The van der Waals surface area contributed by atoms with E-state index in [1.54, 1.807) is 41.3 Å². The third-order valence-corrected chi connectivity index (χ3v) is 8.91. The van der Waals surface area contributed by atoms with E-state index in [1.807, 2.05) is 0 Å². The van der Waals surface area contributed by atoms with Crippen LogP contribution in [0.15, 0.2) is 66.7 Å². The van der Waals surface area contributed by atoms with Crippen LogP contribution in [0.5, 0.6) is 0 Å². The van der Waals surface area contributed by atoms with Crippen LogP contribution in [0.1, 0.15) is 91.0 Å². The molecule has 2 N–H and O–H groups in total. The van der Waals surface area contributed by atoms with Gasteiger partial charge in [-0.3, -0.25) is 14.4 Å². The van der Waals surface area contributed by atoms with Crippen molar-refractivity contribution in [3.8, 4) is 0 Å². The number of aliphatic hydroxyl groups excluding tert-OH is 1. The first-order chi connectivity index (χ1) is 22.2. The molecule has 0 saturated heterocycles. The Labute approximate surface area is 281 Å². The van der Waals surface area contributed by atoms with Gasteiger partial charge in [0.15, 0.2) is 0 Å². The quantitative estimate of drug-likeness (QED) is 0.191. The maximum Gasteiger partial charge on any atom is 0.382 e. The summed E-state index contributed by atoms with van der Waals surface area (Å²) in [5.41, 5.74) is 2.23. The van der Waals surface area contributed by atoms with E-state index in [2.05, 4.69) is 5.48 Å². The number of benzene rings is 3. The van der Waals surface area contributed by atoms with Gasteiger partial charge in [0.25, 0.3) is 11.8 Å². The molecule has 1 aliphatic carbocycles. The number of alkyl halides is 2. The predicted octanol–water partition coefficient (Wildman–Crippen LogP) is 7.26. The lowest BCUT2D eigenvalue weighted by molar-refractivity contribution is -0.185. The van der Waals surface area contributed by atoms with Crippen LogP contribution in [0, 0.1) is 0 Å². The highest BCUT2D eigenvalue weighted by molar-refractivity contribution is 6.35. The number of esters is 1. The van der Waals surface area contributed by atoms with Gasteiger partial charge in [-0.2, -0.15) is 8.78 Å². The topological polar surface area (TPSA) is 105 Å². The molecule has 1 aliphatic heterocycles. The molecule has 0 aromatic heterocycles. The molecule has 5 rings (SSSR count). The molecule has 1 heterocycles. The van der Waals surface area contributed by atoms with Crippen molar-refractivity contribution in [2.24, 2.45) is 0 Å². The number of halogens is 4. The van der Waals surface area contributed by atoms with E-state index in [9.17, 15) is 28.3 Å². The van der Waals surface area contributed by atoms with Crippen molar-refractivity contribution in [1.82, 2.24) is 10.4 Å². The van der Waals surface area contributed by atoms with E-state index in [4.69, 9.17) is 32.8 Å². The van der Waals surface area contributed by atoms with Crippen LogP contribution < -0.4 is 5.48 Å². The minimum Gasteiger partial charge on any atom is -0.455 e. The Morgan fingerprint density at radius 3 is 2.40 bits per heavy atom. The average molecular weight is 690 g/mol. The standard InChI is InChI=1S/C35H36Cl2F2N2O6/c1-34(2,3)47-33(45)35(38,39)21-10-8-9-20(17-21)19-46-40-31(43)29-23-11-4-5-12-24(23)32(44)41(27-13-6-7-14-28(27)42)30(29)25-16-15-22(36)18-26(25)37/h4-5,8-12,15-18,27-30,42H,6-7,13-14,19H2,1-3H3,(H,40,43)/t27-,28-,29+,30-/m0/s1. The number of aliphatic hydroxyl groups is 1. The van der Waals surface area contributed by atoms with Crippen LogP contribution >= 0.6 is 23.2 Å². The molecule has 0 spiro atoms. The molecule has 1 saturated carbocycles. The van der Waals surface area contributed by atoms with Crippen molar-refractivity contribution in [3.63, 3.8) is 0 Å². The lowest BCUT2D eigenvalue weighted by Gasteiger charge is -2.48. The maximum atomic E-state index is 15.0. The number of carbonyl (C=O) groups is 3. The zero-order valence-corrected chi connectivity index (χ0v) is 27.7. The molecule has 47 heavy (non-hydrogen) atoms. The Hall–Kier alpha value is -3.57. The number of hydrogen-bond donors (Lipinski definition) is 2. The second-order valence-electron chi connectivity index (χ2n) is 12.8. The first-order valence-corrected chi connectivity index (χ1v) is 16.1. The molecule has 0 unspecified atom stereocenters. The Balaban J connectivity index is 1.44. The molecular formula is C35H36Cl2F2N2O6. The van der Waals surface area contributed by atoms with E-state index in [-0.39, 0.29) is 23.1 Å². The van der Waals surface area contributed by atoms with Crippen LogP contribution in [0.2, 0.25) is 10.0 Å². The first kappa shape index (κ1) is 34.8. The summed E-state index contributed by atoms with van der Waals surface area (Å²) < 4.78 is 34.8. The highest BCUT2D eigenvalue weighted by Crippen LogP contribution is 2.48. The molecule has 4 atom stereocenters. The Morgan fingerprint density at radius 2 is 1.70 bits per heavy atom.